The Kier molecular flexibility index (Phi) is 10.8. The number of rotatable bonds is 12. The van der Waals surface area contributed by atoms with Gasteiger partial charge in [-0.25, -0.2) is 0 Å². The second-order valence-corrected chi connectivity index (χ2v) is 10.8. The molecule has 0 bridgehead atoms. The zero-order valence-corrected chi connectivity index (χ0v) is 24.2. The number of carbonyl (C=O) groups excluding carboxylic acids is 1. The smallest absolute Gasteiger partial charge is 0.229 e. The molecule has 2 heterocycles. The van der Waals surface area contributed by atoms with Crippen molar-refractivity contribution < 1.29 is 14.3 Å². The van der Waals surface area contributed by atoms with E-state index in [1.54, 1.807) is 14.2 Å². The standard InChI is InChI=1S/C30H46N6O3/c1-23-10-11-26(24(2)20-23)22-31-27-21-28(34(16-18-38-3)17-19-39-4)33-30(32-27)36-14-12-35(13-15-36)29(37)25-8-6-5-7-9-25/h10-11,20-21,25H,5-9,12-19,22H2,1-4H3,(H,31,32,33). The van der Waals surface area contributed by atoms with Crippen LogP contribution in [0.4, 0.5) is 17.6 Å². The number of methoxy groups -OCH3 is 2. The molecular weight excluding hydrogens is 492 g/mol. The van der Waals surface area contributed by atoms with E-state index in [2.05, 4.69) is 52.1 Å². The van der Waals surface area contributed by atoms with Crippen molar-refractivity contribution in [2.75, 3.05) is 81.8 Å². The second kappa shape index (κ2) is 14.5. The van der Waals surface area contributed by atoms with E-state index in [-0.39, 0.29) is 5.92 Å². The average molecular weight is 539 g/mol. The van der Waals surface area contributed by atoms with E-state index in [9.17, 15) is 4.79 Å². The Bertz CT molecular complexity index is 1060. The van der Waals surface area contributed by atoms with Gasteiger partial charge in [0, 0.05) is 72.0 Å². The van der Waals surface area contributed by atoms with Crippen molar-refractivity contribution in [3.8, 4) is 0 Å². The first-order valence-corrected chi connectivity index (χ1v) is 14.4. The van der Waals surface area contributed by atoms with E-state index in [1.807, 2.05) is 6.07 Å². The highest BCUT2D eigenvalue weighted by atomic mass is 16.5. The predicted octanol–water partition coefficient (Wildman–Crippen LogP) is 4.03. The highest BCUT2D eigenvalue weighted by Crippen LogP contribution is 2.27. The second-order valence-electron chi connectivity index (χ2n) is 10.8. The van der Waals surface area contributed by atoms with Crippen LogP contribution in [0.25, 0.3) is 0 Å². The van der Waals surface area contributed by atoms with Crippen molar-refractivity contribution in [1.82, 2.24) is 14.9 Å². The number of anilines is 3. The molecule has 1 amide bonds. The van der Waals surface area contributed by atoms with Crippen molar-refractivity contribution in [1.29, 1.82) is 0 Å². The molecular formula is C30H46N6O3. The molecule has 1 aliphatic heterocycles. The lowest BCUT2D eigenvalue weighted by atomic mass is 9.88. The van der Waals surface area contributed by atoms with Crippen LogP contribution in [0.3, 0.4) is 0 Å². The van der Waals surface area contributed by atoms with Gasteiger partial charge in [0.25, 0.3) is 0 Å². The lowest BCUT2D eigenvalue weighted by Gasteiger charge is -2.37. The number of amides is 1. The van der Waals surface area contributed by atoms with Crippen LogP contribution in [-0.2, 0) is 20.8 Å². The van der Waals surface area contributed by atoms with Gasteiger partial charge in [-0.2, -0.15) is 9.97 Å². The first-order chi connectivity index (χ1) is 19.0. The molecule has 39 heavy (non-hydrogen) atoms. The fourth-order valence-electron chi connectivity index (χ4n) is 5.52. The van der Waals surface area contributed by atoms with Crippen LogP contribution in [0, 0.1) is 19.8 Å². The Labute approximate surface area is 233 Å². The van der Waals surface area contributed by atoms with Gasteiger partial charge in [-0.1, -0.05) is 43.0 Å². The third-order valence-corrected chi connectivity index (χ3v) is 7.94. The van der Waals surface area contributed by atoms with Crippen molar-refractivity contribution in [2.45, 2.75) is 52.5 Å². The van der Waals surface area contributed by atoms with Crippen molar-refractivity contribution in [2.24, 2.45) is 5.92 Å². The van der Waals surface area contributed by atoms with Crippen LogP contribution < -0.4 is 15.1 Å². The highest BCUT2D eigenvalue weighted by molar-refractivity contribution is 5.79. The molecule has 214 valence electrons. The molecule has 0 atom stereocenters. The van der Waals surface area contributed by atoms with Crippen LogP contribution in [0.15, 0.2) is 24.3 Å². The summed E-state index contributed by atoms with van der Waals surface area (Å²) in [5.41, 5.74) is 3.77. The molecule has 1 saturated carbocycles. The molecule has 0 spiro atoms. The number of aromatic nitrogens is 2. The molecule has 1 N–H and O–H groups in total. The Morgan fingerprint density at radius 2 is 1.67 bits per heavy atom. The summed E-state index contributed by atoms with van der Waals surface area (Å²) >= 11 is 0. The van der Waals surface area contributed by atoms with Gasteiger partial charge in [0.1, 0.15) is 11.6 Å². The quantitative estimate of drug-likeness (QED) is 0.434. The number of piperazine rings is 1. The van der Waals surface area contributed by atoms with Crippen LogP contribution in [0.5, 0.6) is 0 Å². The third-order valence-electron chi connectivity index (χ3n) is 7.94. The number of nitrogens with one attached hydrogen (secondary N) is 1. The van der Waals surface area contributed by atoms with Crippen LogP contribution in [0.1, 0.15) is 48.8 Å². The van der Waals surface area contributed by atoms with Gasteiger partial charge in [0.2, 0.25) is 11.9 Å². The Hall–Kier alpha value is -2.91. The zero-order chi connectivity index (χ0) is 27.6. The average Bonchev–Trinajstić information content (AvgIpc) is 2.97. The molecule has 1 aromatic heterocycles. The molecule has 0 unspecified atom stereocenters. The lowest BCUT2D eigenvalue weighted by molar-refractivity contribution is -0.136. The lowest BCUT2D eigenvalue weighted by Crippen LogP contribution is -2.51. The number of carbonyl (C=O) groups is 1. The number of hydrogen-bond donors (Lipinski definition) is 1. The molecule has 1 aromatic carbocycles. The summed E-state index contributed by atoms with van der Waals surface area (Å²) in [5.74, 6) is 2.87. The first-order valence-electron chi connectivity index (χ1n) is 14.4. The summed E-state index contributed by atoms with van der Waals surface area (Å²) in [6.07, 6.45) is 5.70. The fraction of sp³-hybridized carbons (Fsp3) is 0.633. The van der Waals surface area contributed by atoms with Gasteiger partial charge in [-0.15, -0.1) is 0 Å². The maximum Gasteiger partial charge on any atom is 0.229 e. The molecule has 0 radical (unpaired) electrons. The van der Waals surface area contributed by atoms with Crippen molar-refractivity contribution in [3.63, 3.8) is 0 Å². The molecule has 9 nitrogen and oxygen atoms in total. The van der Waals surface area contributed by atoms with E-state index >= 15 is 0 Å². The molecule has 9 heteroatoms. The van der Waals surface area contributed by atoms with E-state index in [4.69, 9.17) is 19.4 Å². The molecule has 2 fully saturated rings. The highest BCUT2D eigenvalue weighted by Gasteiger charge is 2.29. The predicted molar refractivity (Wildman–Crippen MR) is 157 cm³/mol. The number of hydrogen-bond acceptors (Lipinski definition) is 8. The zero-order valence-electron chi connectivity index (χ0n) is 24.2. The summed E-state index contributed by atoms with van der Waals surface area (Å²) in [5, 5.41) is 3.55. The maximum atomic E-state index is 13.1. The van der Waals surface area contributed by atoms with E-state index in [0.717, 1.165) is 37.6 Å². The molecule has 2 aliphatic rings. The maximum absolute atomic E-state index is 13.1. The summed E-state index contributed by atoms with van der Waals surface area (Å²) in [4.78, 5) is 29.5. The minimum atomic E-state index is 0.209. The Balaban J connectivity index is 1.51. The van der Waals surface area contributed by atoms with E-state index < -0.39 is 0 Å². The van der Waals surface area contributed by atoms with Gasteiger partial charge >= 0.3 is 0 Å². The molecule has 4 rings (SSSR count). The summed E-state index contributed by atoms with van der Waals surface area (Å²) in [6, 6.07) is 8.54. The van der Waals surface area contributed by atoms with Crippen molar-refractivity contribution >= 4 is 23.5 Å². The Morgan fingerprint density at radius 1 is 0.974 bits per heavy atom. The number of aryl methyl sites for hydroxylation is 2. The van der Waals surface area contributed by atoms with Gasteiger partial charge in [0.05, 0.1) is 13.2 Å². The van der Waals surface area contributed by atoms with Crippen molar-refractivity contribution in [3.05, 3.63) is 41.0 Å². The van der Waals surface area contributed by atoms with Crippen LogP contribution in [0.2, 0.25) is 0 Å². The van der Waals surface area contributed by atoms with Gasteiger partial charge < -0.3 is 29.5 Å². The Morgan fingerprint density at radius 3 is 2.31 bits per heavy atom. The van der Waals surface area contributed by atoms with Crippen LogP contribution >= 0.6 is 0 Å². The first kappa shape index (κ1) is 29.1. The van der Waals surface area contributed by atoms with E-state index in [1.165, 1.54) is 36.0 Å². The van der Waals surface area contributed by atoms with Gasteiger partial charge in [0.15, 0.2) is 0 Å². The largest absolute Gasteiger partial charge is 0.383 e. The number of ether oxygens (including phenoxy) is 2. The topological polar surface area (TPSA) is 83.1 Å². The number of benzene rings is 1. The monoisotopic (exact) mass is 538 g/mol. The molecule has 2 aromatic rings. The summed E-state index contributed by atoms with van der Waals surface area (Å²) in [6.45, 7) is 10.4. The summed E-state index contributed by atoms with van der Waals surface area (Å²) in [7, 11) is 3.43. The van der Waals surface area contributed by atoms with Gasteiger partial charge in [-0.3, -0.25) is 4.79 Å². The molecule has 1 aliphatic carbocycles. The minimum absolute atomic E-state index is 0.209. The van der Waals surface area contributed by atoms with E-state index in [0.29, 0.717) is 57.8 Å². The number of nitrogens with zero attached hydrogens (tertiary/aromatic N) is 5. The summed E-state index contributed by atoms with van der Waals surface area (Å²) < 4.78 is 10.7. The third kappa shape index (κ3) is 8.05. The van der Waals surface area contributed by atoms with Gasteiger partial charge in [-0.05, 0) is 37.8 Å². The SMILES string of the molecule is COCCN(CCOC)c1cc(NCc2ccc(C)cc2C)nc(N2CCN(C(=O)C3CCCCC3)CC2)n1. The molecule has 1 saturated heterocycles. The fourth-order valence-corrected chi connectivity index (χ4v) is 5.52. The minimum Gasteiger partial charge on any atom is -0.383 e. The van der Waals surface area contributed by atoms with Crippen LogP contribution in [-0.4, -0.2) is 87.5 Å². The normalized spacial score (nSPS) is 16.4.